The monoisotopic (exact) mass is 303 g/mol. The van der Waals surface area contributed by atoms with Crippen LogP contribution in [-0.4, -0.2) is 22.5 Å². The van der Waals surface area contributed by atoms with Gasteiger partial charge < -0.3 is 10.2 Å². The van der Waals surface area contributed by atoms with Crippen molar-refractivity contribution >= 4 is 22.6 Å². The summed E-state index contributed by atoms with van der Waals surface area (Å²) < 4.78 is 0. The Morgan fingerprint density at radius 1 is 1.00 bits per heavy atom. The SMILES string of the molecule is O=C(Nc1cccc2cccnc12)N1CCc2ccccc2C1. The molecule has 114 valence electrons. The Morgan fingerprint density at radius 2 is 1.83 bits per heavy atom. The number of pyridine rings is 1. The Hall–Kier alpha value is -2.88. The van der Waals surface area contributed by atoms with Crippen molar-refractivity contribution in [2.45, 2.75) is 13.0 Å². The van der Waals surface area contributed by atoms with E-state index in [0.29, 0.717) is 6.54 Å². The molecule has 0 unspecified atom stereocenters. The van der Waals surface area contributed by atoms with Gasteiger partial charge in [0, 0.05) is 24.7 Å². The minimum absolute atomic E-state index is 0.0716. The second-order valence-corrected chi connectivity index (χ2v) is 5.75. The number of benzene rings is 2. The van der Waals surface area contributed by atoms with Crippen LogP contribution in [0, 0.1) is 0 Å². The maximum Gasteiger partial charge on any atom is 0.322 e. The highest BCUT2D eigenvalue weighted by Crippen LogP contribution is 2.23. The number of urea groups is 1. The van der Waals surface area contributed by atoms with Crippen molar-refractivity contribution in [2.75, 3.05) is 11.9 Å². The van der Waals surface area contributed by atoms with Crippen LogP contribution in [0.3, 0.4) is 0 Å². The van der Waals surface area contributed by atoms with Crippen molar-refractivity contribution in [2.24, 2.45) is 0 Å². The number of fused-ring (bicyclic) bond motifs is 2. The minimum Gasteiger partial charge on any atom is -0.320 e. The Morgan fingerprint density at radius 3 is 2.74 bits per heavy atom. The summed E-state index contributed by atoms with van der Waals surface area (Å²) in [5.41, 5.74) is 4.14. The topological polar surface area (TPSA) is 45.2 Å². The summed E-state index contributed by atoms with van der Waals surface area (Å²) in [4.78, 5) is 18.8. The third kappa shape index (κ3) is 2.63. The molecular weight excluding hydrogens is 286 g/mol. The number of nitrogens with zero attached hydrogens (tertiary/aromatic N) is 2. The van der Waals surface area contributed by atoms with Crippen molar-refractivity contribution in [1.82, 2.24) is 9.88 Å². The summed E-state index contributed by atoms with van der Waals surface area (Å²) >= 11 is 0. The van der Waals surface area contributed by atoms with Gasteiger partial charge in [-0.15, -0.1) is 0 Å². The number of hydrogen-bond acceptors (Lipinski definition) is 2. The van der Waals surface area contributed by atoms with E-state index < -0.39 is 0 Å². The number of aromatic nitrogens is 1. The summed E-state index contributed by atoms with van der Waals surface area (Å²) in [6, 6.07) is 18.0. The molecule has 1 aliphatic heterocycles. The normalized spacial score (nSPS) is 13.7. The van der Waals surface area contributed by atoms with Gasteiger partial charge in [0.1, 0.15) is 0 Å². The molecule has 1 aliphatic rings. The fourth-order valence-corrected chi connectivity index (χ4v) is 3.07. The molecule has 0 radical (unpaired) electrons. The quantitative estimate of drug-likeness (QED) is 0.742. The molecule has 0 bridgehead atoms. The van der Waals surface area contributed by atoms with Gasteiger partial charge in [-0.3, -0.25) is 4.98 Å². The van der Waals surface area contributed by atoms with Gasteiger partial charge in [-0.25, -0.2) is 4.79 Å². The number of hydrogen-bond donors (Lipinski definition) is 1. The Labute approximate surface area is 134 Å². The Kier molecular flexibility index (Phi) is 3.42. The van der Waals surface area contributed by atoms with Crippen LogP contribution in [0.1, 0.15) is 11.1 Å². The lowest BCUT2D eigenvalue weighted by molar-refractivity contribution is 0.206. The third-order valence-electron chi connectivity index (χ3n) is 4.29. The molecule has 4 nitrogen and oxygen atoms in total. The highest BCUT2D eigenvalue weighted by Gasteiger charge is 2.20. The van der Waals surface area contributed by atoms with Gasteiger partial charge >= 0.3 is 6.03 Å². The molecular formula is C19H17N3O. The van der Waals surface area contributed by atoms with Crippen LogP contribution in [-0.2, 0) is 13.0 Å². The molecule has 23 heavy (non-hydrogen) atoms. The van der Waals surface area contributed by atoms with Gasteiger partial charge in [-0.1, -0.05) is 42.5 Å². The van der Waals surface area contributed by atoms with E-state index >= 15 is 0 Å². The standard InChI is InChI=1S/C19H17N3O/c23-19(22-12-10-14-5-1-2-6-16(14)13-22)21-17-9-3-7-15-8-4-11-20-18(15)17/h1-9,11H,10,12-13H2,(H,21,23). The summed E-state index contributed by atoms with van der Waals surface area (Å²) in [6.07, 6.45) is 2.65. The third-order valence-corrected chi connectivity index (χ3v) is 4.29. The van der Waals surface area contributed by atoms with Crippen LogP contribution in [0.25, 0.3) is 10.9 Å². The molecule has 2 aromatic carbocycles. The fraction of sp³-hybridized carbons (Fsp3) is 0.158. The molecule has 0 saturated heterocycles. The zero-order valence-electron chi connectivity index (χ0n) is 12.7. The van der Waals surface area contributed by atoms with E-state index in [1.54, 1.807) is 6.20 Å². The predicted octanol–water partition coefficient (Wildman–Crippen LogP) is 3.83. The molecule has 2 amide bonds. The second kappa shape index (κ2) is 5.72. The molecule has 0 aliphatic carbocycles. The van der Waals surface area contributed by atoms with Gasteiger partial charge in [0.05, 0.1) is 11.2 Å². The largest absolute Gasteiger partial charge is 0.322 e. The number of amides is 2. The smallest absolute Gasteiger partial charge is 0.320 e. The van der Waals surface area contributed by atoms with Crippen molar-refractivity contribution in [1.29, 1.82) is 0 Å². The molecule has 1 N–H and O–H groups in total. The second-order valence-electron chi connectivity index (χ2n) is 5.75. The van der Waals surface area contributed by atoms with Gasteiger partial charge in [0.2, 0.25) is 0 Å². The first-order valence-corrected chi connectivity index (χ1v) is 7.78. The number of carbonyl (C=O) groups excluding carboxylic acids is 1. The van der Waals surface area contributed by atoms with E-state index in [-0.39, 0.29) is 6.03 Å². The minimum atomic E-state index is -0.0716. The number of anilines is 1. The van der Waals surface area contributed by atoms with Crippen LogP contribution in [0.5, 0.6) is 0 Å². The molecule has 0 saturated carbocycles. The van der Waals surface area contributed by atoms with E-state index in [1.165, 1.54) is 11.1 Å². The average Bonchev–Trinajstić information content (AvgIpc) is 2.61. The van der Waals surface area contributed by atoms with E-state index in [0.717, 1.165) is 29.6 Å². The maximum absolute atomic E-state index is 12.6. The van der Waals surface area contributed by atoms with Crippen molar-refractivity contribution < 1.29 is 4.79 Å². The number of para-hydroxylation sites is 1. The molecule has 0 atom stereocenters. The summed E-state index contributed by atoms with van der Waals surface area (Å²) in [5, 5.41) is 4.03. The Balaban J connectivity index is 1.56. The first-order chi connectivity index (χ1) is 11.3. The van der Waals surface area contributed by atoms with Crippen LogP contribution in [0.15, 0.2) is 60.8 Å². The molecule has 4 heteroatoms. The molecule has 1 aromatic heterocycles. The zero-order chi connectivity index (χ0) is 15.6. The van der Waals surface area contributed by atoms with Gasteiger partial charge in [0.25, 0.3) is 0 Å². The van der Waals surface area contributed by atoms with Crippen LogP contribution in [0.4, 0.5) is 10.5 Å². The molecule has 3 aromatic rings. The van der Waals surface area contributed by atoms with Crippen LogP contribution in [0.2, 0.25) is 0 Å². The fourth-order valence-electron chi connectivity index (χ4n) is 3.07. The zero-order valence-corrected chi connectivity index (χ0v) is 12.7. The first-order valence-electron chi connectivity index (χ1n) is 7.78. The number of nitrogens with one attached hydrogen (secondary N) is 1. The molecule has 0 spiro atoms. The Bertz CT molecular complexity index is 870. The first kappa shape index (κ1) is 13.8. The van der Waals surface area contributed by atoms with E-state index in [9.17, 15) is 4.79 Å². The summed E-state index contributed by atoms with van der Waals surface area (Å²) in [6.45, 7) is 1.39. The lowest BCUT2D eigenvalue weighted by Gasteiger charge is -2.29. The lowest BCUT2D eigenvalue weighted by Crippen LogP contribution is -2.38. The van der Waals surface area contributed by atoms with Gasteiger partial charge in [-0.2, -0.15) is 0 Å². The van der Waals surface area contributed by atoms with Crippen LogP contribution >= 0.6 is 0 Å². The van der Waals surface area contributed by atoms with Crippen LogP contribution < -0.4 is 5.32 Å². The maximum atomic E-state index is 12.6. The molecule has 4 rings (SSSR count). The van der Waals surface area contributed by atoms with E-state index in [1.807, 2.05) is 41.3 Å². The number of rotatable bonds is 1. The van der Waals surface area contributed by atoms with E-state index in [2.05, 4.69) is 28.5 Å². The number of carbonyl (C=O) groups is 1. The average molecular weight is 303 g/mol. The lowest BCUT2D eigenvalue weighted by atomic mass is 10.0. The summed E-state index contributed by atoms with van der Waals surface area (Å²) in [5.74, 6) is 0. The molecule has 0 fully saturated rings. The van der Waals surface area contributed by atoms with Gasteiger partial charge in [-0.05, 0) is 29.7 Å². The predicted molar refractivity (Wildman–Crippen MR) is 91.3 cm³/mol. The van der Waals surface area contributed by atoms with Crippen molar-refractivity contribution in [3.8, 4) is 0 Å². The highest BCUT2D eigenvalue weighted by atomic mass is 16.2. The van der Waals surface area contributed by atoms with Gasteiger partial charge in [0.15, 0.2) is 0 Å². The van der Waals surface area contributed by atoms with Crippen molar-refractivity contribution in [3.05, 3.63) is 71.9 Å². The highest BCUT2D eigenvalue weighted by molar-refractivity contribution is 5.99. The summed E-state index contributed by atoms with van der Waals surface area (Å²) in [7, 11) is 0. The van der Waals surface area contributed by atoms with E-state index in [4.69, 9.17) is 0 Å². The molecule has 2 heterocycles. The van der Waals surface area contributed by atoms with Crippen molar-refractivity contribution in [3.63, 3.8) is 0 Å².